The third kappa shape index (κ3) is 4.75. The summed E-state index contributed by atoms with van der Waals surface area (Å²) in [7, 11) is 0. The fraction of sp³-hybridized carbons (Fsp3) is 0.250. The van der Waals surface area contributed by atoms with Crippen molar-refractivity contribution < 1.29 is 14.3 Å². The summed E-state index contributed by atoms with van der Waals surface area (Å²) in [5.74, 6) is 1.23. The number of ether oxygens (including phenoxy) is 1. The first-order chi connectivity index (χ1) is 18.2. The summed E-state index contributed by atoms with van der Waals surface area (Å²) in [6.07, 6.45) is 5.39. The predicted molar refractivity (Wildman–Crippen MR) is 146 cm³/mol. The number of carbonyl (C=O) groups excluding carboxylic acids is 2. The third-order valence-electron chi connectivity index (χ3n) is 6.69. The number of nitrogens with zero attached hydrogens (tertiary/aromatic N) is 3. The lowest BCUT2D eigenvalue weighted by Gasteiger charge is -2.28. The predicted octanol–water partition coefficient (Wildman–Crippen LogP) is 5.99. The van der Waals surface area contributed by atoms with Gasteiger partial charge in [0.2, 0.25) is 0 Å². The van der Waals surface area contributed by atoms with Gasteiger partial charge in [0.1, 0.15) is 21.2 Å². The molecule has 0 aliphatic carbocycles. The van der Waals surface area contributed by atoms with E-state index in [-0.39, 0.29) is 11.9 Å². The Hall–Kier alpha value is -3.95. The van der Waals surface area contributed by atoms with Crippen molar-refractivity contribution in [1.29, 1.82) is 0 Å². The molecule has 6 rings (SSSR count). The van der Waals surface area contributed by atoms with Crippen LogP contribution in [0.2, 0.25) is 0 Å². The number of aromatic nitrogens is 1. The number of thiophene rings is 1. The smallest absolute Gasteiger partial charge is 0.331 e. The van der Waals surface area contributed by atoms with E-state index in [2.05, 4.69) is 20.5 Å². The number of pyridine rings is 1. The normalized spacial score (nSPS) is 15.5. The molecule has 1 saturated heterocycles. The lowest BCUT2D eigenvalue weighted by molar-refractivity contribution is 0.0951. The summed E-state index contributed by atoms with van der Waals surface area (Å²) < 4.78 is 5.89. The van der Waals surface area contributed by atoms with Gasteiger partial charge in [-0.05, 0) is 68.4 Å². The van der Waals surface area contributed by atoms with Gasteiger partial charge >= 0.3 is 6.03 Å². The molecule has 2 aromatic carbocycles. The van der Waals surface area contributed by atoms with Crippen LogP contribution in [0.1, 0.15) is 28.9 Å². The number of hydrogen-bond donors (Lipinski definition) is 2. The van der Waals surface area contributed by atoms with Crippen molar-refractivity contribution in [1.82, 2.24) is 15.2 Å². The van der Waals surface area contributed by atoms with Crippen molar-refractivity contribution in [3.8, 4) is 11.5 Å². The van der Waals surface area contributed by atoms with Crippen LogP contribution in [0.3, 0.4) is 0 Å². The van der Waals surface area contributed by atoms with Crippen molar-refractivity contribution in [2.45, 2.75) is 19.3 Å². The molecular weight excluding hydrogens is 486 g/mol. The number of hydrogen-bond acceptors (Lipinski definition) is 6. The topological polar surface area (TPSA) is 86.8 Å². The third-order valence-corrected chi connectivity index (χ3v) is 7.78. The molecule has 0 radical (unpaired) electrons. The quantitative estimate of drug-likeness (QED) is 0.317. The van der Waals surface area contributed by atoms with Crippen LogP contribution < -0.4 is 20.3 Å². The van der Waals surface area contributed by atoms with Crippen LogP contribution in [-0.2, 0) is 0 Å². The number of piperidine rings is 1. The lowest BCUT2D eigenvalue weighted by atomic mass is 10.1. The molecule has 0 unspecified atom stereocenters. The van der Waals surface area contributed by atoms with Crippen molar-refractivity contribution >= 4 is 50.6 Å². The van der Waals surface area contributed by atoms with E-state index in [0.717, 1.165) is 30.8 Å². The van der Waals surface area contributed by atoms with Gasteiger partial charge in [-0.1, -0.05) is 24.6 Å². The SMILES string of the molecule is O=C(NCCN1CCCCC1)c1sc2nccc3c2c1NC(=O)N3c1ccc(Oc2ccccc2)cc1. The zero-order valence-electron chi connectivity index (χ0n) is 20.3. The van der Waals surface area contributed by atoms with Crippen LogP contribution in [0.25, 0.3) is 10.2 Å². The summed E-state index contributed by atoms with van der Waals surface area (Å²) in [4.78, 5) is 36.1. The first-order valence-electron chi connectivity index (χ1n) is 12.5. The minimum Gasteiger partial charge on any atom is -0.457 e. The van der Waals surface area contributed by atoms with Gasteiger partial charge in [0.25, 0.3) is 5.91 Å². The number of anilines is 3. The molecule has 1 fully saturated rings. The van der Waals surface area contributed by atoms with Crippen LogP contribution in [0.4, 0.5) is 21.9 Å². The highest BCUT2D eigenvalue weighted by molar-refractivity contribution is 7.21. The number of para-hydroxylation sites is 1. The first-order valence-corrected chi connectivity index (χ1v) is 13.4. The Morgan fingerprint density at radius 1 is 1.00 bits per heavy atom. The summed E-state index contributed by atoms with van der Waals surface area (Å²) in [5, 5.41) is 6.76. The first kappa shape index (κ1) is 23.4. The van der Waals surface area contributed by atoms with E-state index >= 15 is 0 Å². The number of urea groups is 1. The zero-order chi connectivity index (χ0) is 25.2. The Labute approximate surface area is 218 Å². The van der Waals surface area contributed by atoms with Gasteiger partial charge in [0, 0.05) is 19.3 Å². The van der Waals surface area contributed by atoms with E-state index in [1.165, 1.54) is 30.6 Å². The molecule has 2 aliphatic rings. The molecular formula is C28H27N5O3S. The molecule has 0 bridgehead atoms. The number of carbonyl (C=O) groups is 2. The molecule has 2 N–H and O–H groups in total. The summed E-state index contributed by atoms with van der Waals surface area (Å²) in [5.41, 5.74) is 1.92. The van der Waals surface area contributed by atoms with Crippen LogP contribution in [0, 0.1) is 0 Å². The Morgan fingerprint density at radius 2 is 1.76 bits per heavy atom. The molecule has 37 heavy (non-hydrogen) atoms. The molecule has 9 heteroatoms. The molecule has 0 saturated carbocycles. The van der Waals surface area contributed by atoms with E-state index < -0.39 is 0 Å². The van der Waals surface area contributed by atoms with Gasteiger partial charge in [0.05, 0.1) is 22.4 Å². The largest absolute Gasteiger partial charge is 0.457 e. The summed E-state index contributed by atoms with van der Waals surface area (Å²) in [6.45, 7) is 3.58. The van der Waals surface area contributed by atoms with Crippen LogP contribution in [-0.4, -0.2) is 48.0 Å². The maximum absolute atomic E-state index is 13.3. The van der Waals surface area contributed by atoms with Crippen LogP contribution in [0.5, 0.6) is 11.5 Å². The Kier molecular flexibility index (Phi) is 6.46. The van der Waals surface area contributed by atoms with Gasteiger partial charge in [-0.15, -0.1) is 11.3 Å². The molecule has 0 atom stereocenters. The van der Waals surface area contributed by atoms with E-state index in [1.54, 1.807) is 11.1 Å². The van der Waals surface area contributed by atoms with Crippen LogP contribution >= 0.6 is 11.3 Å². The Morgan fingerprint density at radius 3 is 2.54 bits per heavy atom. The molecule has 2 aromatic heterocycles. The van der Waals surface area contributed by atoms with Crippen LogP contribution in [0.15, 0.2) is 66.9 Å². The van der Waals surface area contributed by atoms with E-state index in [9.17, 15) is 9.59 Å². The maximum Gasteiger partial charge on any atom is 0.331 e. The second-order valence-corrected chi connectivity index (χ2v) is 10.1. The summed E-state index contributed by atoms with van der Waals surface area (Å²) in [6, 6.07) is 18.4. The highest BCUT2D eigenvalue weighted by Gasteiger charge is 2.32. The van der Waals surface area contributed by atoms with Crippen molar-refractivity contribution in [2.24, 2.45) is 0 Å². The standard InChI is InChI=1S/C28H27N5O3S/c34-26(29-15-18-32-16-5-2-6-17-32)25-24-23-22(13-14-30-27(23)37-25)33(28(35)31-24)19-9-11-21(12-10-19)36-20-7-3-1-4-8-20/h1,3-4,7-14H,2,5-6,15-18H2,(H,29,34)(H,31,35). The molecule has 188 valence electrons. The maximum atomic E-state index is 13.3. The lowest BCUT2D eigenvalue weighted by Crippen LogP contribution is -2.38. The second-order valence-electron chi connectivity index (χ2n) is 9.15. The van der Waals surface area contributed by atoms with Gasteiger partial charge in [-0.25, -0.2) is 9.78 Å². The fourth-order valence-corrected chi connectivity index (χ4v) is 5.92. The second kappa shape index (κ2) is 10.2. The average Bonchev–Trinajstić information content (AvgIpc) is 3.30. The molecule has 4 aromatic rings. The van der Waals surface area contributed by atoms with Gasteiger partial charge < -0.3 is 20.3 Å². The van der Waals surface area contributed by atoms with Crippen molar-refractivity contribution in [3.05, 3.63) is 71.7 Å². The zero-order valence-corrected chi connectivity index (χ0v) is 21.1. The van der Waals surface area contributed by atoms with E-state index in [0.29, 0.717) is 39.1 Å². The molecule has 4 heterocycles. The van der Waals surface area contributed by atoms with E-state index in [1.807, 2.05) is 60.7 Å². The minimum absolute atomic E-state index is 0.183. The van der Waals surface area contributed by atoms with Gasteiger partial charge in [0.15, 0.2) is 0 Å². The number of likely N-dealkylation sites (tertiary alicyclic amines) is 1. The molecule has 0 spiro atoms. The average molecular weight is 514 g/mol. The van der Waals surface area contributed by atoms with Crippen molar-refractivity contribution in [2.75, 3.05) is 36.4 Å². The van der Waals surface area contributed by atoms with Gasteiger partial charge in [-0.2, -0.15) is 0 Å². The Bertz CT molecular complexity index is 1430. The number of benzene rings is 2. The number of nitrogens with one attached hydrogen (secondary N) is 2. The molecule has 3 amide bonds. The number of amides is 3. The molecule has 8 nitrogen and oxygen atoms in total. The molecule has 2 aliphatic heterocycles. The van der Waals surface area contributed by atoms with Crippen molar-refractivity contribution in [3.63, 3.8) is 0 Å². The highest BCUT2D eigenvalue weighted by atomic mass is 32.1. The minimum atomic E-state index is -0.322. The highest BCUT2D eigenvalue weighted by Crippen LogP contribution is 2.45. The summed E-state index contributed by atoms with van der Waals surface area (Å²) >= 11 is 1.30. The fourth-order valence-electron chi connectivity index (χ4n) is 4.88. The monoisotopic (exact) mass is 513 g/mol. The van der Waals surface area contributed by atoms with E-state index in [4.69, 9.17) is 4.74 Å². The number of rotatable bonds is 7. The Balaban J connectivity index is 1.23. The van der Waals surface area contributed by atoms with Gasteiger partial charge in [-0.3, -0.25) is 9.69 Å².